The second-order valence-corrected chi connectivity index (χ2v) is 8.76. The number of hydrogen-bond acceptors (Lipinski definition) is 7. The van der Waals surface area contributed by atoms with Crippen LogP contribution in [0.5, 0.6) is 5.75 Å². The summed E-state index contributed by atoms with van der Waals surface area (Å²) in [6, 6.07) is 14.6. The fraction of sp³-hybridized carbons (Fsp3) is 0.235. The molecule has 10 heteroatoms. The molecule has 0 aliphatic rings. The van der Waals surface area contributed by atoms with Crippen LogP contribution in [0.25, 0.3) is 0 Å². The van der Waals surface area contributed by atoms with Crippen molar-refractivity contribution in [3.8, 4) is 5.75 Å². The molecule has 27 heavy (non-hydrogen) atoms. The van der Waals surface area contributed by atoms with Gasteiger partial charge in [0.1, 0.15) is 24.9 Å². The molecule has 0 radical (unpaired) electrons. The minimum Gasteiger partial charge on any atom is -0.726 e. The Bertz CT molecular complexity index is 837. The van der Waals surface area contributed by atoms with Gasteiger partial charge in [0.25, 0.3) is 0 Å². The zero-order valence-electron chi connectivity index (χ0n) is 14.9. The lowest BCUT2D eigenvalue weighted by molar-refractivity contribution is 0.0928. The highest BCUT2D eigenvalue weighted by atomic mass is 35.5. The van der Waals surface area contributed by atoms with E-state index in [0.717, 1.165) is 12.7 Å². The van der Waals surface area contributed by atoms with Crippen molar-refractivity contribution in [3.05, 3.63) is 59.1 Å². The highest BCUT2D eigenvalue weighted by molar-refractivity contribution is 7.95. The maximum atomic E-state index is 11.6. The molecule has 2 aromatic rings. The lowest BCUT2D eigenvalue weighted by atomic mass is 10.2. The van der Waals surface area contributed by atoms with Gasteiger partial charge in [0, 0.05) is 21.5 Å². The molecule has 0 aliphatic carbocycles. The van der Waals surface area contributed by atoms with E-state index in [2.05, 4.69) is 16.7 Å². The predicted molar refractivity (Wildman–Crippen MR) is 103 cm³/mol. The van der Waals surface area contributed by atoms with E-state index in [4.69, 9.17) is 21.1 Å². The normalized spacial score (nSPS) is 10.7. The van der Waals surface area contributed by atoms with Gasteiger partial charge in [0.15, 0.2) is 4.90 Å². The van der Waals surface area contributed by atoms with Gasteiger partial charge in [-0.15, -0.1) is 0 Å². The van der Waals surface area contributed by atoms with Gasteiger partial charge >= 0.3 is 6.16 Å². The summed E-state index contributed by atoms with van der Waals surface area (Å²) in [7, 11) is -3.42. The van der Waals surface area contributed by atoms with Crippen LogP contribution in [0, 0.1) is 0 Å². The van der Waals surface area contributed by atoms with Crippen molar-refractivity contribution >= 4 is 39.1 Å². The largest absolute Gasteiger partial charge is 0.726 e. The topological polar surface area (TPSA) is 102 Å². The molecular formula is C17H19ClO7S2. The van der Waals surface area contributed by atoms with Crippen LogP contribution in [0.15, 0.2) is 53.4 Å². The fourth-order valence-corrected chi connectivity index (χ4v) is 2.53. The van der Waals surface area contributed by atoms with Crippen LogP contribution in [-0.4, -0.2) is 38.7 Å². The van der Waals surface area contributed by atoms with E-state index in [9.17, 15) is 17.8 Å². The van der Waals surface area contributed by atoms with E-state index in [1.54, 1.807) is 24.3 Å². The Morgan fingerprint density at radius 3 is 2.15 bits per heavy atom. The van der Waals surface area contributed by atoms with Crippen molar-refractivity contribution < 1.29 is 31.4 Å². The first kappa shape index (κ1) is 23.3. The summed E-state index contributed by atoms with van der Waals surface area (Å²) < 4.78 is 41.2. The van der Waals surface area contributed by atoms with Crippen LogP contribution >= 0.6 is 11.6 Å². The molecule has 0 heterocycles. The third-order valence-electron chi connectivity index (χ3n) is 3.00. The van der Waals surface area contributed by atoms with Crippen LogP contribution in [-0.2, 0) is 36.8 Å². The van der Waals surface area contributed by atoms with Gasteiger partial charge in [-0.1, -0.05) is 29.8 Å². The molecule has 0 N–H and O–H groups in total. The second kappa shape index (κ2) is 11.2. The molecule has 2 aromatic carbocycles. The Labute approximate surface area is 166 Å². The minimum atomic E-state index is -4.41. The van der Waals surface area contributed by atoms with E-state index < -0.39 is 16.6 Å². The molecule has 0 bridgehead atoms. The molecule has 2 rings (SSSR count). The number of carbonyl (C=O) groups is 1. The van der Waals surface area contributed by atoms with E-state index >= 15 is 0 Å². The summed E-state index contributed by atoms with van der Waals surface area (Å²) in [5, 5.41) is 0.563. The van der Waals surface area contributed by atoms with Crippen LogP contribution in [0.3, 0.4) is 0 Å². The first-order chi connectivity index (χ1) is 12.6. The first-order valence-electron chi connectivity index (χ1n) is 7.39. The smallest absolute Gasteiger partial charge is 0.514 e. The highest BCUT2D eigenvalue weighted by Crippen LogP contribution is 2.18. The minimum absolute atomic E-state index is 0.0873. The lowest BCUT2D eigenvalue weighted by Crippen LogP contribution is -2.10. The third kappa shape index (κ3) is 9.64. The van der Waals surface area contributed by atoms with Crippen molar-refractivity contribution in [1.82, 2.24) is 0 Å². The van der Waals surface area contributed by atoms with Crippen molar-refractivity contribution in [1.29, 1.82) is 0 Å². The summed E-state index contributed by atoms with van der Waals surface area (Å²) in [5.74, 6) is 0.466. The average molecular weight is 435 g/mol. The monoisotopic (exact) mass is 434 g/mol. The molecule has 0 spiro atoms. The van der Waals surface area contributed by atoms with E-state index in [1.807, 2.05) is 24.3 Å². The molecular weight excluding hydrogens is 416 g/mol. The molecule has 0 unspecified atom stereocenters. The molecule has 7 nitrogen and oxygen atoms in total. The number of halogens is 1. The molecule has 0 saturated carbocycles. The maximum Gasteiger partial charge on any atom is 0.514 e. The van der Waals surface area contributed by atoms with Crippen LogP contribution in [0.1, 0.15) is 5.56 Å². The Kier molecular flexibility index (Phi) is 9.61. The van der Waals surface area contributed by atoms with Gasteiger partial charge in [-0.25, -0.2) is 13.2 Å². The number of ether oxygens (including phenoxy) is 2. The Morgan fingerprint density at radius 1 is 1.11 bits per heavy atom. The van der Waals surface area contributed by atoms with Crippen molar-refractivity contribution in [2.45, 2.75) is 11.5 Å². The molecule has 0 atom stereocenters. The quantitative estimate of drug-likeness (QED) is 0.233. The number of rotatable bonds is 5. The zero-order valence-corrected chi connectivity index (χ0v) is 17.3. The van der Waals surface area contributed by atoms with Crippen molar-refractivity contribution in [3.63, 3.8) is 0 Å². The van der Waals surface area contributed by atoms with E-state index in [0.29, 0.717) is 10.8 Å². The Morgan fingerprint density at radius 2 is 1.67 bits per heavy atom. The summed E-state index contributed by atoms with van der Waals surface area (Å²) in [6.45, 7) is 0.0873. The van der Waals surface area contributed by atoms with E-state index in [1.165, 1.54) is 4.90 Å². The molecule has 148 valence electrons. The number of benzene rings is 2. The van der Waals surface area contributed by atoms with Crippen LogP contribution in [0.2, 0.25) is 5.02 Å². The van der Waals surface area contributed by atoms with Gasteiger partial charge in [-0.05, 0) is 30.3 Å². The van der Waals surface area contributed by atoms with Gasteiger partial charge in [-0.2, -0.15) is 0 Å². The standard InChI is InChI=1S/C16H16ClO3S.CH4O4S/c1-21(2)14-9-7-13(8-10-14)20-16(18)19-11-12-5-3-4-6-15(12)17;1-5-6(2,3)4/h3-10H,11H2,1-2H3;1H3,(H,2,3,4)/q+1;/p-1. The maximum absolute atomic E-state index is 11.6. The lowest BCUT2D eigenvalue weighted by Gasteiger charge is -2.07. The molecule has 0 fully saturated rings. The van der Waals surface area contributed by atoms with E-state index in [-0.39, 0.29) is 17.5 Å². The predicted octanol–water partition coefficient (Wildman–Crippen LogP) is 3.39. The van der Waals surface area contributed by atoms with Crippen molar-refractivity contribution in [2.75, 3.05) is 19.6 Å². The van der Waals surface area contributed by atoms with Gasteiger partial charge < -0.3 is 14.0 Å². The summed E-state index contributed by atoms with van der Waals surface area (Å²) in [4.78, 5) is 12.8. The SMILES string of the molecule is COS(=O)(=O)[O-].C[S+](C)c1ccc(OC(=O)OCc2ccccc2Cl)cc1. The van der Waals surface area contributed by atoms with Gasteiger partial charge in [-0.3, -0.25) is 4.18 Å². The molecule has 0 aliphatic heterocycles. The fourth-order valence-electron chi connectivity index (χ4n) is 1.66. The van der Waals surface area contributed by atoms with Crippen LogP contribution in [0.4, 0.5) is 4.79 Å². The second-order valence-electron chi connectivity index (χ2n) is 5.09. The number of carbonyl (C=O) groups excluding carboxylic acids is 1. The third-order valence-corrected chi connectivity index (χ3v) is 5.00. The average Bonchev–Trinajstić information content (AvgIpc) is 2.61. The Balaban J connectivity index is 0.000000527. The van der Waals surface area contributed by atoms with Crippen LogP contribution < -0.4 is 4.74 Å². The first-order valence-corrected chi connectivity index (χ1v) is 11.1. The summed E-state index contributed by atoms with van der Waals surface area (Å²) >= 11 is 5.98. The highest BCUT2D eigenvalue weighted by Gasteiger charge is 2.11. The van der Waals surface area contributed by atoms with Gasteiger partial charge in [0.05, 0.1) is 7.11 Å². The number of hydrogen-bond donors (Lipinski definition) is 0. The van der Waals surface area contributed by atoms with Gasteiger partial charge in [0.2, 0.25) is 10.4 Å². The molecule has 0 aromatic heterocycles. The zero-order chi connectivity index (χ0) is 20.4. The molecule has 0 saturated heterocycles. The molecule has 0 amide bonds. The summed E-state index contributed by atoms with van der Waals surface area (Å²) in [6.07, 6.45) is 3.52. The Hall–Kier alpha value is -1.78. The summed E-state index contributed by atoms with van der Waals surface area (Å²) in [5.41, 5.74) is 0.743. The van der Waals surface area contributed by atoms with Crippen molar-refractivity contribution in [2.24, 2.45) is 0 Å².